The Labute approximate surface area is 204 Å². The van der Waals surface area contributed by atoms with Crippen molar-refractivity contribution in [2.45, 2.75) is 6.42 Å². The lowest BCUT2D eigenvalue weighted by atomic mass is 10.1. The van der Waals surface area contributed by atoms with Crippen LogP contribution in [0.2, 0.25) is 0 Å². The zero-order valence-corrected chi connectivity index (χ0v) is 18.7. The highest BCUT2D eigenvalue weighted by Gasteiger charge is 2.10. The third-order valence-electron chi connectivity index (χ3n) is 5.48. The number of rotatable bonds is 6. The molecule has 0 atom stereocenters. The van der Waals surface area contributed by atoms with Crippen LogP contribution in [0.5, 0.6) is 0 Å². The van der Waals surface area contributed by atoms with Crippen molar-refractivity contribution in [1.29, 1.82) is 5.26 Å². The van der Waals surface area contributed by atoms with Gasteiger partial charge in [-0.1, -0.05) is 30.3 Å². The van der Waals surface area contributed by atoms with E-state index in [1.165, 1.54) is 6.07 Å². The molecule has 2 N–H and O–H groups in total. The monoisotopic (exact) mass is 480 g/mol. The molecule has 0 unspecified atom stereocenters. The maximum absolute atomic E-state index is 13.4. The van der Waals surface area contributed by atoms with Crippen LogP contribution < -0.4 is 10.6 Å². The predicted octanol–water partition coefficient (Wildman–Crippen LogP) is 5.47. The zero-order chi connectivity index (χ0) is 25.1. The van der Waals surface area contributed by atoms with Crippen molar-refractivity contribution in [3.63, 3.8) is 0 Å². The van der Waals surface area contributed by atoms with Crippen LogP contribution in [0, 0.1) is 23.0 Å². The van der Waals surface area contributed by atoms with E-state index < -0.39 is 11.6 Å². The molecule has 36 heavy (non-hydrogen) atoms. The summed E-state index contributed by atoms with van der Waals surface area (Å²) in [6.45, 7) is 0. The van der Waals surface area contributed by atoms with Crippen LogP contribution in [0.4, 0.5) is 26.1 Å². The van der Waals surface area contributed by atoms with E-state index in [0.717, 1.165) is 23.3 Å². The van der Waals surface area contributed by atoms with Crippen LogP contribution >= 0.6 is 0 Å². The molecule has 5 aromatic rings. The Balaban J connectivity index is 1.28. The van der Waals surface area contributed by atoms with E-state index in [9.17, 15) is 18.8 Å². The summed E-state index contributed by atoms with van der Waals surface area (Å²) in [6.07, 6.45) is 1.76. The molecule has 0 saturated carbocycles. The van der Waals surface area contributed by atoms with Crippen molar-refractivity contribution in [2.75, 3.05) is 10.6 Å². The van der Waals surface area contributed by atoms with Gasteiger partial charge in [0.1, 0.15) is 6.07 Å². The maximum atomic E-state index is 13.4. The molecule has 2 aromatic heterocycles. The van der Waals surface area contributed by atoms with Gasteiger partial charge in [-0.3, -0.25) is 4.79 Å². The van der Waals surface area contributed by atoms with Gasteiger partial charge in [0.2, 0.25) is 11.9 Å². The number of fused-ring (bicyclic) bond motifs is 1. The number of aromatic nitrogens is 3. The zero-order valence-electron chi connectivity index (χ0n) is 18.7. The SMILES string of the molecule is N#Cc1ccccc1Nc1nc2ccc(-c3ccc(NC(=O)Cc4ccc(F)c(F)c4)cc3)cn2n1. The van der Waals surface area contributed by atoms with Gasteiger partial charge in [0.15, 0.2) is 17.3 Å². The van der Waals surface area contributed by atoms with Gasteiger partial charge < -0.3 is 10.6 Å². The Morgan fingerprint density at radius 3 is 2.50 bits per heavy atom. The van der Waals surface area contributed by atoms with E-state index >= 15 is 0 Å². The first-order chi connectivity index (χ1) is 17.5. The molecular weight excluding hydrogens is 462 g/mol. The number of nitrogens with zero attached hydrogens (tertiary/aromatic N) is 4. The Hall–Kier alpha value is -5.10. The van der Waals surface area contributed by atoms with Crippen molar-refractivity contribution in [1.82, 2.24) is 14.6 Å². The van der Waals surface area contributed by atoms with Gasteiger partial charge in [-0.05, 0) is 59.7 Å². The number of amides is 1. The van der Waals surface area contributed by atoms with E-state index in [-0.39, 0.29) is 12.3 Å². The topological polar surface area (TPSA) is 95.1 Å². The molecule has 2 heterocycles. The number of benzene rings is 3. The smallest absolute Gasteiger partial charge is 0.247 e. The largest absolute Gasteiger partial charge is 0.326 e. The molecule has 0 spiro atoms. The molecule has 0 aliphatic rings. The third-order valence-corrected chi connectivity index (χ3v) is 5.48. The number of halogens is 2. The number of pyridine rings is 1. The Morgan fingerprint density at radius 1 is 0.944 bits per heavy atom. The third kappa shape index (κ3) is 4.88. The predicted molar refractivity (Wildman–Crippen MR) is 132 cm³/mol. The molecular formula is C27H18F2N6O. The van der Waals surface area contributed by atoms with Gasteiger partial charge in [-0.2, -0.15) is 10.2 Å². The van der Waals surface area contributed by atoms with Crippen molar-refractivity contribution < 1.29 is 13.6 Å². The minimum Gasteiger partial charge on any atom is -0.326 e. The molecule has 5 rings (SSSR count). The van der Waals surface area contributed by atoms with Crippen molar-refractivity contribution in [2.24, 2.45) is 0 Å². The normalized spacial score (nSPS) is 10.7. The average Bonchev–Trinajstić information content (AvgIpc) is 3.28. The summed E-state index contributed by atoms with van der Waals surface area (Å²) in [5.41, 5.74) is 4.50. The second-order valence-electron chi connectivity index (χ2n) is 7.99. The lowest BCUT2D eigenvalue weighted by molar-refractivity contribution is -0.115. The highest BCUT2D eigenvalue weighted by atomic mass is 19.2. The molecule has 9 heteroatoms. The van der Waals surface area contributed by atoms with Gasteiger partial charge in [0.25, 0.3) is 0 Å². The first kappa shape index (κ1) is 22.7. The highest BCUT2D eigenvalue weighted by Crippen LogP contribution is 2.24. The van der Waals surface area contributed by atoms with Crippen molar-refractivity contribution in [3.05, 3.63) is 108 Å². The molecule has 7 nitrogen and oxygen atoms in total. The number of hydrogen-bond donors (Lipinski definition) is 2. The summed E-state index contributed by atoms with van der Waals surface area (Å²) in [6, 6.07) is 23.6. The average molecular weight is 480 g/mol. The lowest BCUT2D eigenvalue weighted by Gasteiger charge is -2.07. The summed E-state index contributed by atoms with van der Waals surface area (Å²) in [5, 5.41) is 19.6. The number of para-hydroxylation sites is 1. The molecule has 1 amide bonds. The van der Waals surface area contributed by atoms with Crippen molar-refractivity contribution in [3.8, 4) is 17.2 Å². The van der Waals surface area contributed by atoms with E-state index in [4.69, 9.17) is 0 Å². The Bertz CT molecular complexity index is 1620. The summed E-state index contributed by atoms with van der Waals surface area (Å²) in [4.78, 5) is 16.7. The first-order valence-corrected chi connectivity index (χ1v) is 11.0. The van der Waals surface area contributed by atoms with Crippen LogP contribution in [0.3, 0.4) is 0 Å². The summed E-state index contributed by atoms with van der Waals surface area (Å²) in [5.74, 6) is -1.90. The molecule has 0 fully saturated rings. The number of carbonyl (C=O) groups excluding carboxylic acids is 1. The van der Waals surface area contributed by atoms with Crippen LogP contribution in [0.1, 0.15) is 11.1 Å². The van der Waals surface area contributed by atoms with Gasteiger partial charge in [-0.25, -0.2) is 13.3 Å². The summed E-state index contributed by atoms with van der Waals surface area (Å²) < 4.78 is 28.1. The second-order valence-corrected chi connectivity index (χ2v) is 7.99. The molecule has 0 aliphatic heterocycles. The fraction of sp³-hybridized carbons (Fsp3) is 0.0370. The quantitative estimate of drug-likeness (QED) is 0.336. The highest BCUT2D eigenvalue weighted by molar-refractivity contribution is 5.92. The standard InChI is InChI=1S/C27H18F2N6O/c28-22-11-5-17(13-23(22)29)14-26(36)31-21-9-6-18(7-10-21)20-8-12-25-33-27(34-35(25)16-20)32-24-4-2-1-3-19(24)15-30/h1-13,16H,14H2,(H,31,36)(H,32,34). The molecule has 0 aliphatic carbocycles. The second kappa shape index (κ2) is 9.64. The summed E-state index contributed by atoms with van der Waals surface area (Å²) >= 11 is 0. The van der Waals surface area contributed by atoms with E-state index in [2.05, 4.69) is 26.8 Å². The minimum atomic E-state index is -0.983. The van der Waals surface area contributed by atoms with E-state index in [0.29, 0.717) is 34.1 Å². The fourth-order valence-electron chi connectivity index (χ4n) is 3.70. The van der Waals surface area contributed by atoms with Gasteiger partial charge in [0, 0.05) is 17.4 Å². The van der Waals surface area contributed by atoms with Crippen LogP contribution in [0.25, 0.3) is 16.8 Å². The fourth-order valence-corrected chi connectivity index (χ4v) is 3.70. The van der Waals surface area contributed by atoms with Gasteiger partial charge in [0.05, 0.1) is 17.7 Å². The van der Waals surface area contributed by atoms with Crippen LogP contribution in [-0.4, -0.2) is 20.5 Å². The van der Waals surface area contributed by atoms with E-state index in [1.807, 2.05) is 36.5 Å². The molecule has 176 valence electrons. The minimum absolute atomic E-state index is 0.0723. The number of anilines is 3. The molecule has 0 radical (unpaired) electrons. The number of hydrogen-bond acceptors (Lipinski definition) is 5. The number of nitriles is 1. The van der Waals surface area contributed by atoms with Crippen LogP contribution in [-0.2, 0) is 11.2 Å². The Morgan fingerprint density at radius 2 is 1.72 bits per heavy atom. The van der Waals surface area contributed by atoms with Crippen LogP contribution in [0.15, 0.2) is 85.1 Å². The maximum Gasteiger partial charge on any atom is 0.247 e. The molecule has 0 saturated heterocycles. The van der Waals surface area contributed by atoms with E-state index in [1.54, 1.807) is 34.8 Å². The van der Waals surface area contributed by atoms with Gasteiger partial charge in [-0.15, -0.1) is 5.10 Å². The molecule has 0 bridgehead atoms. The number of nitrogens with one attached hydrogen (secondary N) is 2. The van der Waals surface area contributed by atoms with Crippen molar-refractivity contribution >= 4 is 28.9 Å². The Kier molecular flexibility index (Phi) is 6.07. The van der Waals surface area contributed by atoms with Gasteiger partial charge >= 0.3 is 0 Å². The summed E-state index contributed by atoms with van der Waals surface area (Å²) in [7, 11) is 0. The molecule has 3 aromatic carbocycles. The first-order valence-electron chi connectivity index (χ1n) is 11.0. The number of carbonyl (C=O) groups is 1. The lowest BCUT2D eigenvalue weighted by Crippen LogP contribution is -2.14.